The SMILES string of the molecule is CC1(C)OB(c2ccc3occc3c2)OC1(C)C.CSc1cc(C)[nH]c(=O)c1CNC(=O)c1cc(-c2ccc3occc3c2)c2c(c1C)OC(C)(C1CCNCC1)O2.Cl. The van der Waals surface area contributed by atoms with Crippen molar-refractivity contribution in [2.24, 2.45) is 5.92 Å². The van der Waals surface area contributed by atoms with Gasteiger partial charge in [0.15, 0.2) is 11.5 Å². The van der Waals surface area contributed by atoms with Crippen molar-refractivity contribution in [3.05, 3.63) is 106 Å². The first-order valence-corrected chi connectivity index (χ1v) is 21.0. The monoisotopic (exact) mass is 839 g/mol. The molecule has 2 saturated heterocycles. The number of carbonyl (C=O) groups excluding carboxylic acids is 1. The number of H-pyrrole nitrogens is 1. The molecule has 0 radical (unpaired) electrons. The number of ether oxygens (including phenoxy) is 2. The number of pyridine rings is 1. The van der Waals surface area contributed by atoms with E-state index in [2.05, 4.69) is 49.4 Å². The Morgan fingerprint density at radius 1 is 0.847 bits per heavy atom. The van der Waals surface area contributed by atoms with Crippen LogP contribution < -0.4 is 31.1 Å². The zero-order valence-corrected chi connectivity index (χ0v) is 36.3. The molecule has 9 rings (SSSR count). The second-order valence-corrected chi connectivity index (χ2v) is 17.3. The number of furan rings is 2. The Labute approximate surface area is 354 Å². The molecule has 0 spiro atoms. The molecule has 1 atom stereocenters. The number of aromatic nitrogens is 1. The van der Waals surface area contributed by atoms with Gasteiger partial charge in [0.1, 0.15) is 11.2 Å². The van der Waals surface area contributed by atoms with E-state index < -0.39 is 5.79 Å². The van der Waals surface area contributed by atoms with Gasteiger partial charge in [0.2, 0.25) is 0 Å². The highest BCUT2D eigenvalue weighted by Crippen LogP contribution is 2.52. The average molecular weight is 840 g/mol. The van der Waals surface area contributed by atoms with Crippen molar-refractivity contribution in [1.29, 1.82) is 0 Å². The number of benzene rings is 3. The molecular formula is C45H51BClN3O8S. The lowest BCUT2D eigenvalue weighted by Crippen LogP contribution is -2.47. The molecule has 1 unspecified atom stereocenters. The van der Waals surface area contributed by atoms with Crippen LogP contribution in [0.3, 0.4) is 0 Å². The first-order valence-electron chi connectivity index (χ1n) is 19.8. The second kappa shape index (κ2) is 16.4. The highest BCUT2D eigenvalue weighted by Gasteiger charge is 2.52. The zero-order valence-electron chi connectivity index (χ0n) is 34.7. The third kappa shape index (κ3) is 8.15. The molecule has 3 N–H and O–H groups in total. The summed E-state index contributed by atoms with van der Waals surface area (Å²) in [4.78, 5) is 30.0. The summed E-state index contributed by atoms with van der Waals surface area (Å²) in [5.41, 5.74) is 6.09. The summed E-state index contributed by atoms with van der Waals surface area (Å²) in [5, 5.41) is 8.42. The predicted molar refractivity (Wildman–Crippen MR) is 236 cm³/mol. The molecular weight excluding hydrogens is 789 g/mol. The third-order valence-corrected chi connectivity index (χ3v) is 12.9. The number of aromatic amines is 1. The summed E-state index contributed by atoms with van der Waals surface area (Å²) in [7, 11) is -0.311. The molecule has 3 aliphatic heterocycles. The fraction of sp³-hybridized carbons (Fsp3) is 0.378. The molecule has 3 aliphatic rings. The number of piperidine rings is 1. The normalized spacial score (nSPS) is 19.4. The number of hydrogen-bond acceptors (Lipinski definition) is 10. The van der Waals surface area contributed by atoms with Crippen LogP contribution in [-0.2, 0) is 15.9 Å². The maximum absolute atomic E-state index is 13.7. The number of hydrogen-bond donors (Lipinski definition) is 3. The van der Waals surface area contributed by atoms with Crippen LogP contribution in [0.2, 0.25) is 0 Å². The minimum absolute atomic E-state index is 0. The van der Waals surface area contributed by atoms with Crippen LogP contribution in [0.5, 0.6) is 11.5 Å². The van der Waals surface area contributed by atoms with Crippen molar-refractivity contribution in [2.45, 2.75) is 89.7 Å². The molecule has 6 heterocycles. The third-order valence-electron chi connectivity index (χ3n) is 12.1. The Hall–Kier alpha value is -4.66. The van der Waals surface area contributed by atoms with Gasteiger partial charge in [0, 0.05) is 63.0 Å². The molecule has 1 amide bonds. The molecule has 6 aromatic rings. The fourth-order valence-electron chi connectivity index (χ4n) is 7.89. The molecule has 11 nitrogen and oxygen atoms in total. The Morgan fingerprint density at radius 3 is 2.14 bits per heavy atom. The largest absolute Gasteiger partial charge is 0.494 e. The number of carbonyl (C=O) groups is 1. The summed E-state index contributed by atoms with van der Waals surface area (Å²) in [5.74, 6) is 0.338. The van der Waals surface area contributed by atoms with E-state index in [4.69, 9.17) is 27.6 Å². The summed E-state index contributed by atoms with van der Waals surface area (Å²) in [6, 6.07) is 19.6. The second-order valence-electron chi connectivity index (χ2n) is 16.5. The minimum atomic E-state index is -0.832. The lowest BCUT2D eigenvalue weighted by atomic mass is 9.79. The Bertz CT molecular complexity index is 2560. The molecule has 14 heteroatoms. The van der Waals surface area contributed by atoms with Gasteiger partial charge in [-0.1, -0.05) is 18.2 Å². The van der Waals surface area contributed by atoms with Gasteiger partial charge < -0.3 is 43.2 Å². The molecule has 59 heavy (non-hydrogen) atoms. The van der Waals surface area contributed by atoms with Gasteiger partial charge in [-0.3, -0.25) is 9.59 Å². The molecule has 0 saturated carbocycles. The summed E-state index contributed by atoms with van der Waals surface area (Å²) in [6.45, 7) is 15.9. The van der Waals surface area contributed by atoms with E-state index in [1.54, 1.807) is 12.5 Å². The van der Waals surface area contributed by atoms with Crippen LogP contribution in [0, 0.1) is 19.8 Å². The van der Waals surface area contributed by atoms with Crippen molar-refractivity contribution in [2.75, 3.05) is 19.3 Å². The first kappa shape index (κ1) is 42.5. The molecule has 3 aromatic carbocycles. The van der Waals surface area contributed by atoms with Crippen molar-refractivity contribution in [3.8, 4) is 22.6 Å². The van der Waals surface area contributed by atoms with Gasteiger partial charge in [-0.15, -0.1) is 24.2 Å². The molecule has 3 aromatic heterocycles. The van der Waals surface area contributed by atoms with Gasteiger partial charge in [0.05, 0.1) is 23.7 Å². The first-order chi connectivity index (χ1) is 27.7. The predicted octanol–water partition coefficient (Wildman–Crippen LogP) is 8.70. The van der Waals surface area contributed by atoms with E-state index in [0.717, 1.165) is 75.0 Å². The van der Waals surface area contributed by atoms with Crippen molar-refractivity contribution in [1.82, 2.24) is 15.6 Å². The van der Waals surface area contributed by atoms with Gasteiger partial charge in [-0.05, 0) is 127 Å². The van der Waals surface area contributed by atoms with Crippen LogP contribution >= 0.6 is 24.2 Å². The summed E-state index contributed by atoms with van der Waals surface area (Å²) < 4.78 is 36.2. The highest BCUT2D eigenvalue weighted by atomic mass is 35.5. The van der Waals surface area contributed by atoms with Crippen LogP contribution in [0.1, 0.15) is 74.6 Å². The van der Waals surface area contributed by atoms with Crippen molar-refractivity contribution in [3.63, 3.8) is 0 Å². The van der Waals surface area contributed by atoms with Gasteiger partial charge >= 0.3 is 7.12 Å². The lowest BCUT2D eigenvalue weighted by Gasteiger charge is -2.35. The smallest absolute Gasteiger partial charge is 0.464 e. The molecule has 0 aliphatic carbocycles. The van der Waals surface area contributed by atoms with Crippen LogP contribution in [-0.4, -0.2) is 54.3 Å². The Balaban J connectivity index is 0.000000232. The molecule has 310 valence electrons. The quantitative estimate of drug-likeness (QED) is 0.106. The van der Waals surface area contributed by atoms with Gasteiger partial charge in [-0.25, -0.2) is 0 Å². The number of rotatable bonds is 7. The van der Waals surface area contributed by atoms with E-state index in [1.807, 2.05) is 81.6 Å². The van der Waals surface area contributed by atoms with E-state index >= 15 is 0 Å². The van der Waals surface area contributed by atoms with E-state index in [1.165, 1.54) is 11.8 Å². The van der Waals surface area contributed by atoms with Crippen molar-refractivity contribution < 1.29 is 32.4 Å². The van der Waals surface area contributed by atoms with E-state index in [0.29, 0.717) is 28.2 Å². The van der Waals surface area contributed by atoms with Crippen LogP contribution in [0.25, 0.3) is 33.1 Å². The Kier molecular flexibility index (Phi) is 11.8. The number of halogens is 1. The lowest BCUT2D eigenvalue weighted by molar-refractivity contribution is -0.117. The molecule has 2 fully saturated rings. The maximum Gasteiger partial charge on any atom is 0.494 e. The van der Waals surface area contributed by atoms with E-state index in [9.17, 15) is 9.59 Å². The summed E-state index contributed by atoms with van der Waals surface area (Å²) >= 11 is 1.49. The van der Waals surface area contributed by atoms with Crippen LogP contribution in [0.15, 0.2) is 91.7 Å². The average Bonchev–Trinajstić information content (AvgIpc) is 3.99. The van der Waals surface area contributed by atoms with Crippen LogP contribution in [0.4, 0.5) is 0 Å². The number of nitrogens with one attached hydrogen (secondary N) is 3. The Morgan fingerprint density at radius 2 is 1.47 bits per heavy atom. The fourth-order valence-corrected chi connectivity index (χ4v) is 8.60. The van der Waals surface area contributed by atoms with Crippen molar-refractivity contribution >= 4 is 64.6 Å². The standard InChI is InChI=1S/C31H33N3O5S.C14H17BO3.ClH/c1-17-13-26(40-4)24(30(36)34-17)16-33-29(35)22-15-23(19-5-6-25-20(14-19)9-12-37-25)28-27(18(22)2)38-31(3,39-28)21-7-10-32-11-8-21;1-13(2)14(3,4)18-15(17-13)11-5-6-12-10(9-11)7-8-16-12;/h5-6,9,12-15,21,32H,7-8,10-11,16H2,1-4H3,(H,33,35)(H,34,36);5-9H,1-4H3;1H. The highest BCUT2D eigenvalue weighted by molar-refractivity contribution is 7.98. The summed E-state index contributed by atoms with van der Waals surface area (Å²) in [6.07, 6.45) is 7.16. The van der Waals surface area contributed by atoms with Gasteiger partial charge in [-0.2, -0.15) is 0 Å². The van der Waals surface area contributed by atoms with E-state index in [-0.39, 0.29) is 54.7 Å². The maximum atomic E-state index is 13.7. The van der Waals surface area contributed by atoms with Gasteiger partial charge in [0.25, 0.3) is 17.3 Å². The number of aryl methyl sites for hydroxylation is 1. The minimum Gasteiger partial charge on any atom is -0.464 e. The zero-order chi connectivity index (χ0) is 41.0. The number of amides is 1. The number of thioether (sulfide) groups is 1. The molecule has 0 bridgehead atoms. The number of fused-ring (bicyclic) bond motifs is 3. The topological polar surface area (TPSA) is 137 Å².